The molecule has 6 heteroatoms. The quantitative estimate of drug-likeness (QED) is 0.542. The third kappa shape index (κ3) is 4.38. The highest BCUT2D eigenvalue weighted by Crippen LogP contribution is 2.34. The molecule has 6 nitrogen and oxygen atoms in total. The molecule has 0 radical (unpaired) electrons. The molecule has 0 unspecified atom stereocenters. The van der Waals surface area contributed by atoms with E-state index in [9.17, 15) is 9.59 Å². The Balaban J connectivity index is 2.06. The van der Waals surface area contributed by atoms with E-state index in [1.165, 1.54) is 0 Å². The molecule has 1 heterocycles. The minimum Gasteiger partial charge on any atom is -0.461 e. The van der Waals surface area contributed by atoms with Crippen molar-refractivity contribution in [1.29, 1.82) is 0 Å². The van der Waals surface area contributed by atoms with Gasteiger partial charge in [0.05, 0.1) is 24.4 Å². The lowest BCUT2D eigenvalue weighted by Crippen LogP contribution is -2.36. The molecule has 0 bridgehead atoms. The smallest absolute Gasteiger partial charge is 0.357 e. The Kier molecular flexibility index (Phi) is 7.09. The number of aromatic amines is 1. The van der Waals surface area contributed by atoms with Gasteiger partial charge in [0.2, 0.25) is 0 Å². The number of unbranched alkanes of at least 4 members (excludes halogenated alkanes) is 1. The minimum absolute atomic E-state index is 0.0219. The molecule has 0 spiro atoms. The number of nitrogens with zero attached hydrogens (tertiary/aromatic N) is 1. The molecule has 2 aromatic rings. The zero-order valence-corrected chi connectivity index (χ0v) is 16.8. The number of aromatic nitrogens is 2. The van der Waals surface area contributed by atoms with Gasteiger partial charge in [-0.05, 0) is 26.2 Å². The third-order valence-corrected chi connectivity index (χ3v) is 5.28. The van der Waals surface area contributed by atoms with Gasteiger partial charge < -0.3 is 9.47 Å². The summed E-state index contributed by atoms with van der Waals surface area (Å²) in [6, 6.07) is 9.47. The van der Waals surface area contributed by atoms with Crippen LogP contribution in [0.5, 0.6) is 0 Å². The average molecular weight is 386 g/mol. The maximum absolute atomic E-state index is 13.0. The van der Waals surface area contributed by atoms with E-state index in [0.717, 1.165) is 44.1 Å². The van der Waals surface area contributed by atoms with E-state index < -0.39 is 5.97 Å². The van der Waals surface area contributed by atoms with Gasteiger partial charge in [0.15, 0.2) is 5.69 Å². The molecular weight excluding hydrogens is 356 g/mol. The monoisotopic (exact) mass is 386 g/mol. The van der Waals surface area contributed by atoms with Gasteiger partial charge in [-0.15, -0.1) is 0 Å². The SMILES string of the molecule is CCCCO[C@@H]1CCCC[C@H]1n1c(-c2ccccc2)c(C(=O)OCC)[nH]c1=O. The van der Waals surface area contributed by atoms with Crippen LogP contribution < -0.4 is 5.69 Å². The Labute approximate surface area is 165 Å². The predicted molar refractivity (Wildman–Crippen MR) is 109 cm³/mol. The van der Waals surface area contributed by atoms with Crippen LogP contribution in [0.3, 0.4) is 0 Å². The summed E-state index contributed by atoms with van der Waals surface area (Å²) < 4.78 is 13.1. The molecular formula is C22H30N2O4. The van der Waals surface area contributed by atoms with E-state index in [4.69, 9.17) is 9.47 Å². The summed E-state index contributed by atoms with van der Waals surface area (Å²) in [5, 5.41) is 0. The lowest BCUT2D eigenvalue weighted by atomic mass is 9.91. The first-order valence-corrected chi connectivity index (χ1v) is 10.4. The zero-order chi connectivity index (χ0) is 19.9. The van der Waals surface area contributed by atoms with Crippen molar-refractivity contribution in [3.05, 3.63) is 46.5 Å². The predicted octanol–water partition coefficient (Wildman–Crippen LogP) is 4.32. The van der Waals surface area contributed by atoms with Crippen LogP contribution in [-0.4, -0.2) is 34.8 Å². The maximum atomic E-state index is 13.0. The largest absolute Gasteiger partial charge is 0.461 e. The molecule has 1 aromatic carbocycles. The number of esters is 1. The van der Waals surface area contributed by atoms with Crippen molar-refractivity contribution in [3.63, 3.8) is 0 Å². The van der Waals surface area contributed by atoms with Crippen LogP contribution in [0, 0.1) is 0 Å². The Hall–Kier alpha value is -2.34. The second kappa shape index (κ2) is 9.73. The summed E-state index contributed by atoms with van der Waals surface area (Å²) in [4.78, 5) is 28.3. The van der Waals surface area contributed by atoms with Gasteiger partial charge in [-0.25, -0.2) is 9.59 Å². The van der Waals surface area contributed by atoms with E-state index in [1.807, 2.05) is 30.3 Å². The van der Waals surface area contributed by atoms with Crippen LogP contribution in [0.15, 0.2) is 35.1 Å². The molecule has 1 N–H and O–H groups in total. The Bertz CT molecular complexity index is 825. The van der Waals surface area contributed by atoms with Crippen LogP contribution in [0.1, 0.15) is 68.9 Å². The highest BCUT2D eigenvalue weighted by Gasteiger charge is 2.33. The number of carbonyl (C=O) groups excluding carboxylic acids is 1. The Morgan fingerprint density at radius 2 is 1.93 bits per heavy atom. The normalized spacial score (nSPS) is 19.5. The van der Waals surface area contributed by atoms with Crippen LogP contribution >= 0.6 is 0 Å². The molecule has 1 aliphatic rings. The molecule has 1 aromatic heterocycles. The molecule has 0 saturated heterocycles. The first kappa shape index (κ1) is 20.4. The van der Waals surface area contributed by atoms with Crippen molar-refractivity contribution >= 4 is 5.97 Å². The van der Waals surface area contributed by atoms with Gasteiger partial charge in [-0.3, -0.25) is 9.55 Å². The van der Waals surface area contributed by atoms with Crippen molar-refractivity contribution in [2.45, 2.75) is 64.5 Å². The molecule has 152 valence electrons. The lowest BCUT2D eigenvalue weighted by molar-refractivity contribution is -0.00753. The minimum atomic E-state index is -0.503. The summed E-state index contributed by atoms with van der Waals surface area (Å²) in [5.41, 5.74) is 1.36. The standard InChI is InChI=1S/C22H30N2O4/c1-3-5-15-28-18-14-10-9-13-17(18)24-20(16-11-7-6-8-12-16)19(23-22(24)26)21(25)27-4-2/h6-8,11-12,17-18H,3-5,9-10,13-15H2,1-2H3,(H,23,26)/t17-,18-/m1/s1. The lowest BCUT2D eigenvalue weighted by Gasteiger charge is -2.33. The molecule has 1 saturated carbocycles. The van der Waals surface area contributed by atoms with Gasteiger partial charge >= 0.3 is 11.7 Å². The zero-order valence-electron chi connectivity index (χ0n) is 16.8. The second-order valence-electron chi connectivity index (χ2n) is 7.22. The second-order valence-corrected chi connectivity index (χ2v) is 7.22. The van der Waals surface area contributed by atoms with Gasteiger partial charge in [-0.1, -0.05) is 56.5 Å². The van der Waals surface area contributed by atoms with Crippen molar-refractivity contribution in [2.75, 3.05) is 13.2 Å². The third-order valence-electron chi connectivity index (χ3n) is 5.28. The van der Waals surface area contributed by atoms with Gasteiger partial charge in [0.1, 0.15) is 0 Å². The number of carbonyl (C=O) groups is 1. The Morgan fingerprint density at radius 3 is 2.64 bits per heavy atom. The van der Waals surface area contributed by atoms with Crippen molar-refractivity contribution in [2.24, 2.45) is 0 Å². The van der Waals surface area contributed by atoms with E-state index in [-0.39, 0.29) is 30.1 Å². The number of hydrogen-bond donors (Lipinski definition) is 1. The van der Waals surface area contributed by atoms with Gasteiger partial charge in [0.25, 0.3) is 0 Å². The molecule has 1 fully saturated rings. The van der Waals surface area contributed by atoms with Crippen molar-refractivity contribution in [3.8, 4) is 11.3 Å². The van der Waals surface area contributed by atoms with Crippen LogP contribution in [0.25, 0.3) is 11.3 Å². The molecule has 0 amide bonds. The van der Waals surface area contributed by atoms with Crippen LogP contribution in [0.4, 0.5) is 0 Å². The molecule has 0 aliphatic heterocycles. The number of hydrogen-bond acceptors (Lipinski definition) is 4. The fraction of sp³-hybridized carbons (Fsp3) is 0.545. The first-order valence-electron chi connectivity index (χ1n) is 10.4. The number of imidazole rings is 1. The number of benzene rings is 1. The highest BCUT2D eigenvalue weighted by molar-refractivity contribution is 5.94. The number of H-pyrrole nitrogens is 1. The number of ether oxygens (including phenoxy) is 2. The first-order chi connectivity index (χ1) is 13.7. The summed E-state index contributed by atoms with van der Waals surface area (Å²) >= 11 is 0. The van der Waals surface area contributed by atoms with Gasteiger partial charge in [0, 0.05) is 12.2 Å². The molecule has 3 rings (SSSR count). The van der Waals surface area contributed by atoms with E-state index >= 15 is 0 Å². The van der Waals surface area contributed by atoms with E-state index in [2.05, 4.69) is 11.9 Å². The number of rotatable bonds is 8. The molecule has 1 aliphatic carbocycles. The highest BCUT2D eigenvalue weighted by atomic mass is 16.5. The summed E-state index contributed by atoms with van der Waals surface area (Å²) in [7, 11) is 0. The average Bonchev–Trinajstić information content (AvgIpc) is 3.06. The summed E-state index contributed by atoms with van der Waals surface area (Å²) in [6.07, 6.45) is 5.98. The van der Waals surface area contributed by atoms with Crippen molar-refractivity contribution < 1.29 is 14.3 Å². The van der Waals surface area contributed by atoms with Gasteiger partial charge in [-0.2, -0.15) is 0 Å². The molecule has 2 atom stereocenters. The fourth-order valence-electron chi connectivity index (χ4n) is 3.94. The summed E-state index contributed by atoms with van der Waals surface area (Å²) in [6.45, 7) is 4.85. The summed E-state index contributed by atoms with van der Waals surface area (Å²) in [5.74, 6) is -0.503. The van der Waals surface area contributed by atoms with E-state index in [1.54, 1.807) is 11.5 Å². The number of nitrogens with one attached hydrogen (secondary N) is 1. The molecule has 28 heavy (non-hydrogen) atoms. The Morgan fingerprint density at radius 1 is 1.18 bits per heavy atom. The van der Waals surface area contributed by atoms with Crippen LogP contribution in [0.2, 0.25) is 0 Å². The topological polar surface area (TPSA) is 73.3 Å². The van der Waals surface area contributed by atoms with Crippen LogP contribution in [-0.2, 0) is 9.47 Å². The van der Waals surface area contributed by atoms with E-state index in [0.29, 0.717) is 12.3 Å². The van der Waals surface area contributed by atoms with Crippen molar-refractivity contribution in [1.82, 2.24) is 9.55 Å². The fourth-order valence-corrected chi connectivity index (χ4v) is 3.94. The maximum Gasteiger partial charge on any atom is 0.357 e.